The van der Waals surface area contributed by atoms with E-state index < -0.39 is 0 Å². The minimum atomic E-state index is 0.232. The summed E-state index contributed by atoms with van der Waals surface area (Å²) < 4.78 is 1.96. The zero-order chi connectivity index (χ0) is 9.84. The van der Waals surface area contributed by atoms with Gasteiger partial charge in [0.15, 0.2) is 0 Å². The maximum absolute atomic E-state index is 8.69. The predicted octanol–water partition coefficient (Wildman–Crippen LogP) is 1.70. The second-order valence-electron chi connectivity index (χ2n) is 3.64. The molecular weight excluding hydrogens is 164 g/mol. The van der Waals surface area contributed by atoms with E-state index in [0.717, 1.165) is 13.0 Å². The Kier molecular flexibility index (Phi) is 3.48. The molecular formula is C10H18N2O. The third-order valence-electron chi connectivity index (χ3n) is 2.29. The van der Waals surface area contributed by atoms with Crippen LogP contribution in [0, 0.1) is 6.92 Å². The number of nitrogens with zero attached hydrogens (tertiary/aromatic N) is 2. The molecule has 0 bridgehead atoms. The second-order valence-corrected chi connectivity index (χ2v) is 3.64. The molecule has 0 aliphatic heterocycles. The summed E-state index contributed by atoms with van der Waals surface area (Å²) in [4.78, 5) is 0. The van der Waals surface area contributed by atoms with Crippen LogP contribution in [0.1, 0.15) is 37.4 Å². The van der Waals surface area contributed by atoms with Gasteiger partial charge in [-0.15, -0.1) is 0 Å². The summed E-state index contributed by atoms with van der Waals surface area (Å²) >= 11 is 0. The maximum atomic E-state index is 8.69. The van der Waals surface area contributed by atoms with Gasteiger partial charge < -0.3 is 5.11 Å². The Morgan fingerprint density at radius 1 is 1.54 bits per heavy atom. The third kappa shape index (κ3) is 2.31. The molecule has 0 spiro atoms. The van der Waals surface area contributed by atoms with Crippen molar-refractivity contribution in [1.82, 2.24) is 9.78 Å². The first-order valence-corrected chi connectivity index (χ1v) is 4.80. The number of hydrogen-bond acceptors (Lipinski definition) is 2. The number of aliphatic hydroxyl groups is 1. The first-order valence-electron chi connectivity index (χ1n) is 4.80. The van der Waals surface area contributed by atoms with Crippen LogP contribution in [0.15, 0.2) is 6.20 Å². The lowest BCUT2D eigenvalue weighted by molar-refractivity contribution is 0.276. The molecule has 1 N–H and O–H groups in total. The molecule has 0 fully saturated rings. The van der Waals surface area contributed by atoms with E-state index in [1.54, 1.807) is 0 Å². The van der Waals surface area contributed by atoms with E-state index in [1.807, 2.05) is 10.9 Å². The molecule has 1 rings (SSSR count). The van der Waals surface area contributed by atoms with Gasteiger partial charge in [0.25, 0.3) is 0 Å². The lowest BCUT2D eigenvalue weighted by atomic mass is 10.1. The summed E-state index contributed by atoms with van der Waals surface area (Å²) in [7, 11) is 0. The topological polar surface area (TPSA) is 38.0 Å². The summed E-state index contributed by atoms with van der Waals surface area (Å²) in [6.07, 6.45) is 2.71. The number of rotatable bonds is 4. The SMILES string of the molecule is Cc1c(C(C)C)cnn1CCCO. The second kappa shape index (κ2) is 4.42. The smallest absolute Gasteiger partial charge is 0.0527 e. The van der Waals surface area contributed by atoms with Crippen molar-refractivity contribution < 1.29 is 5.11 Å². The summed E-state index contributed by atoms with van der Waals surface area (Å²) in [6, 6.07) is 0. The highest BCUT2D eigenvalue weighted by Gasteiger charge is 2.08. The molecule has 0 aromatic carbocycles. The van der Waals surface area contributed by atoms with Gasteiger partial charge in [-0.25, -0.2) is 0 Å². The quantitative estimate of drug-likeness (QED) is 0.769. The molecule has 1 heterocycles. The van der Waals surface area contributed by atoms with Crippen LogP contribution in [-0.2, 0) is 6.54 Å². The third-order valence-corrected chi connectivity index (χ3v) is 2.29. The van der Waals surface area contributed by atoms with E-state index in [-0.39, 0.29) is 6.61 Å². The fourth-order valence-electron chi connectivity index (χ4n) is 1.47. The Balaban J connectivity index is 2.74. The van der Waals surface area contributed by atoms with Gasteiger partial charge in [0.1, 0.15) is 0 Å². The van der Waals surface area contributed by atoms with Crippen LogP contribution in [-0.4, -0.2) is 21.5 Å². The average molecular weight is 182 g/mol. The van der Waals surface area contributed by atoms with Crippen LogP contribution in [0.2, 0.25) is 0 Å². The molecule has 0 atom stereocenters. The number of aliphatic hydroxyl groups excluding tert-OH is 1. The molecule has 13 heavy (non-hydrogen) atoms. The molecule has 0 aliphatic carbocycles. The van der Waals surface area contributed by atoms with E-state index >= 15 is 0 Å². The lowest BCUT2D eigenvalue weighted by Gasteiger charge is -2.05. The minimum absolute atomic E-state index is 0.232. The number of aromatic nitrogens is 2. The van der Waals surface area contributed by atoms with E-state index in [4.69, 9.17) is 5.11 Å². The van der Waals surface area contributed by atoms with Crippen molar-refractivity contribution in [3.8, 4) is 0 Å². The van der Waals surface area contributed by atoms with Crippen molar-refractivity contribution >= 4 is 0 Å². The Labute approximate surface area is 79.4 Å². The van der Waals surface area contributed by atoms with Crippen LogP contribution in [0.25, 0.3) is 0 Å². The first-order chi connectivity index (χ1) is 6.16. The highest BCUT2D eigenvalue weighted by Crippen LogP contribution is 2.17. The minimum Gasteiger partial charge on any atom is -0.396 e. The Hall–Kier alpha value is -0.830. The van der Waals surface area contributed by atoms with Crippen molar-refractivity contribution in [2.45, 2.75) is 39.7 Å². The van der Waals surface area contributed by atoms with Gasteiger partial charge in [-0.3, -0.25) is 4.68 Å². The first kappa shape index (κ1) is 10.3. The predicted molar refractivity (Wildman–Crippen MR) is 52.8 cm³/mol. The molecule has 3 nitrogen and oxygen atoms in total. The summed E-state index contributed by atoms with van der Waals surface area (Å²) in [5.41, 5.74) is 2.53. The highest BCUT2D eigenvalue weighted by molar-refractivity contribution is 5.19. The van der Waals surface area contributed by atoms with Crippen molar-refractivity contribution in [2.24, 2.45) is 0 Å². The van der Waals surface area contributed by atoms with Crippen molar-refractivity contribution in [2.75, 3.05) is 6.61 Å². The number of aryl methyl sites for hydroxylation is 1. The van der Waals surface area contributed by atoms with Gasteiger partial charge in [0.2, 0.25) is 0 Å². The van der Waals surface area contributed by atoms with E-state index in [2.05, 4.69) is 25.9 Å². The fraction of sp³-hybridized carbons (Fsp3) is 0.700. The summed E-state index contributed by atoms with van der Waals surface area (Å²) in [5.74, 6) is 0.530. The molecule has 0 radical (unpaired) electrons. The molecule has 1 aromatic heterocycles. The van der Waals surface area contributed by atoms with Gasteiger partial charge >= 0.3 is 0 Å². The average Bonchev–Trinajstić information content (AvgIpc) is 2.43. The van der Waals surface area contributed by atoms with E-state index in [0.29, 0.717) is 5.92 Å². The Bertz CT molecular complexity index is 266. The Morgan fingerprint density at radius 2 is 2.23 bits per heavy atom. The van der Waals surface area contributed by atoms with Crippen LogP contribution >= 0.6 is 0 Å². The van der Waals surface area contributed by atoms with Gasteiger partial charge in [0, 0.05) is 18.8 Å². The van der Waals surface area contributed by atoms with Crippen LogP contribution < -0.4 is 0 Å². The monoisotopic (exact) mass is 182 g/mol. The van der Waals surface area contributed by atoms with Gasteiger partial charge in [-0.2, -0.15) is 5.10 Å². The van der Waals surface area contributed by atoms with Gasteiger partial charge in [-0.1, -0.05) is 13.8 Å². The summed E-state index contributed by atoms with van der Waals surface area (Å²) in [5, 5.41) is 13.0. The van der Waals surface area contributed by atoms with Crippen molar-refractivity contribution in [3.63, 3.8) is 0 Å². The van der Waals surface area contributed by atoms with Crippen molar-refractivity contribution in [1.29, 1.82) is 0 Å². The van der Waals surface area contributed by atoms with E-state index in [9.17, 15) is 0 Å². The zero-order valence-electron chi connectivity index (χ0n) is 8.62. The molecule has 74 valence electrons. The molecule has 0 saturated carbocycles. The number of hydrogen-bond donors (Lipinski definition) is 1. The normalized spacial score (nSPS) is 11.2. The molecule has 0 saturated heterocycles. The highest BCUT2D eigenvalue weighted by atomic mass is 16.3. The fourth-order valence-corrected chi connectivity index (χ4v) is 1.47. The van der Waals surface area contributed by atoms with Crippen molar-refractivity contribution in [3.05, 3.63) is 17.5 Å². The van der Waals surface area contributed by atoms with Crippen LogP contribution in [0.3, 0.4) is 0 Å². The molecule has 0 unspecified atom stereocenters. The largest absolute Gasteiger partial charge is 0.396 e. The van der Waals surface area contributed by atoms with Gasteiger partial charge in [-0.05, 0) is 24.8 Å². The standard InChI is InChI=1S/C10H18N2O/c1-8(2)10-7-11-12(9(10)3)5-4-6-13/h7-8,13H,4-6H2,1-3H3. The molecule has 0 aliphatic rings. The molecule has 3 heteroatoms. The summed E-state index contributed by atoms with van der Waals surface area (Å²) in [6.45, 7) is 7.46. The lowest BCUT2D eigenvalue weighted by Crippen LogP contribution is -2.04. The van der Waals surface area contributed by atoms with E-state index in [1.165, 1.54) is 11.3 Å². The van der Waals surface area contributed by atoms with Gasteiger partial charge in [0.05, 0.1) is 6.20 Å². The van der Waals surface area contributed by atoms with Crippen LogP contribution in [0.4, 0.5) is 0 Å². The molecule has 1 aromatic rings. The maximum Gasteiger partial charge on any atom is 0.0527 e. The Morgan fingerprint density at radius 3 is 2.69 bits per heavy atom. The van der Waals surface area contributed by atoms with Crippen LogP contribution in [0.5, 0.6) is 0 Å². The molecule has 0 amide bonds. The zero-order valence-corrected chi connectivity index (χ0v) is 8.62.